The van der Waals surface area contributed by atoms with Gasteiger partial charge in [-0.05, 0) is 62.2 Å². The summed E-state index contributed by atoms with van der Waals surface area (Å²) in [6.07, 6.45) is 1.86. The number of rotatable bonds is 12. The topological polar surface area (TPSA) is 128 Å². The van der Waals surface area contributed by atoms with Crippen LogP contribution in [0.2, 0.25) is 0 Å². The van der Waals surface area contributed by atoms with Gasteiger partial charge in [0.25, 0.3) is 20.2 Å². The molecular weight excluding hydrogens is 831 g/mol. The van der Waals surface area contributed by atoms with Gasteiger partial charge in [0.15, 0.2) is 0 Å². The summed E-state index contributed by atoms with van der Waals surface area (Å²) in [4.78, 5) is 0. The van der Waals surface area contributed by atoms with E-state index < -0.39 is 25.7 Å². The Morgan fingerprint density at radius 3 is 1.18 bits per heavy atom. The van der Waals surface area contributed by atoms with Gasteiger partial charge in [0.05, 0.1) is 47.9 Å². The van der Waals surface area contributed by atoms with Crippen molar-refractivity contribution in [2.45, 2.75) is 27.7 Å². The predicted molar refractivity (Wildman–Crippen MR) is 182 cm³/mol. The Labute approximate surface area is 315 Å². The van der Waals surface area contributed by atoms with Crippen molar-refractivity contribution in [3.05, 3.63) is 86.2 Å². The van der Waals surface area contributed by atoms with Crippen LogP contribution in [0.25, 0.3) is 0 Å². The molecule has 3 aromatic carbocycles. The van der Waals surface area contributed by atoms with Crippen molar-refractivity contribution in [2.75, 3.05) is 38.9 Å². The Kier molecular flexibility index (Phi) is 20.3. The molecule has 0 N–H and O–H groups in total. The molecule has 3 rings (SSSR count). The first kappa shape index (κ1) is 44.3. The number of hydrogen-bond acceptors (Lipinski definition) is 9. The quantitative estimate of drug-likeness (QED) is 0.195. The third-order valence-corrected chi connectivity index (χ3v) is 8.13. The number of hydrogen-bond donors (Lipinski definition) is 0. The van der Waals surface area contributed by atoms with Crippen LogP contribution in [0.1, 0.15) is 27.7 Å². The summed E-state index contributed by atoms with van der Waals surface area (Å²) in [6, 6.07) is 22.5. The molecule has 0 heterocycles. The van der Waals surface area contributed by atoms with Crippen LogP contribution in [-0.4, -0.2) is 55.8 Å². The number of ether oxygens (including phenoxy) is 2. The smallest absolute Gasteiger partial charge is 0.872 e. The molecule has 0 fully saturated rings. The Balaban J connectivity index is 0.000000704. The van der Waals surface area contributed by atoms with Crippen LogP contribution in [0.4, 0.5) is 0 Å². The van der Waals surface area contributed by atoms with E-state index in [0.29, 0.717) is 17.7 Å². The molecule has 0 spiro atoms. The van der Waals surface area contributed by atoms with Gasteiger partial charge in [0, 0.05) is 15.3 Å². The first-order valence-electron chi connectivity index (χ1n) is 13.0. The Morgan fingerprint density at radius 1 is 0.578 bits per heavy atom. The van der Waals surface area contributed by atoms with Gasteiger partial charge in [-0.1, -0.05) is 91.8 Å². The molecule has 0 amide bonds. The summed E-state index contributed by atoms with van der Waals surface area (Å²) in [5, 5.41) is 10.6. The van der Waals surface area contributed by atoms with Crippen molar-refractivity contribution in [1.82, 2.24) is 0 Å². The van der Waals surface area contributed by atoms with E-state index in [9.17, 15) is 21.9 Å². The van der Waals surface area contributed by atoms with Crippen molar-refractivity contribution >= 4 is 68.0 Å². The van der Waals surface area contributed by atoms with Crippen LogP contribution in [0.5, 0.6) is 17.2 Å². The van der Waals surface area contributed by atoms with Crippen molar-refractivity contribution < 1.29 is 69.3 Å². The second-order valence-corrected chi connectivity index (χ2v) is 17.0. The van der Waals surface area contributed by atoms with E-state index in [-0.39, 0.29) is 53.9 Å². The van der Waals surface area contributed by atoms with Crippen LogP contribution in [-0.2, 0) is 28.6 Å². The minimum Gasteiger partial charge on any atom is -0.872 e. The largest absolute Gasteiger partial charge is 1.00 e. The zero-order valence-corrected chi connectivity index (χ0v) is 34.8. The molecule has 0 aromatic heterocycles. The summed E-state index contributed by atoms with van der Waals surface area (Å²) < 4.78 is 66.2. The van der Waals surface area contributed by atoms with Gasteiger partial charge in [-0.2, -0.15) is 16.8 Å². The van der Waals surface area contributed by atoms with Gasteiger partial charge in [0.2, 0.25) is 0 Å². The molecule has 0 saturated heterocycles. The summed E-state index contributed by atoms with van der Waals surface area (Å²) in [7, 11) is -7.03. The van der Waals surface area contributed by atoms with Crippen molar-refractivity contribution in [1.29, 1.82) is 0 Å². The molecule has 9 nitrogen and oxygen atoms in total. The summed E-state index contributed by atoms with van der Waals surface area (Å²) >= 11 is 10.1. The molecule has 0 unspecified atom stereocenters. The average Bonchev–Trinajstić information content (AvgIpc) is 2.92. The molecule has 3 aromatic rings. The SMILES string of the molecule is CC(C)(COS(C)(=O)=O)COS(C)(=O)=O.CC(C)(COc1ccccc1Br)COc1ccccc1Br.[Na+].[O-]c1ccccc1Br. The Bertz CT molecular complexity index is 1420. The zero-order chi connectivity index (χ0) is 33.6. The minimum absolute atomic E-state index is 0. The maximum atomic E-state index is 10.7. The second kappa shape index (κ2) is 20.6. The van der Waals surface area contributed by atoms with Crippen molar-refractivity contribution in [2.24, 2.45) is 10.8 Å². The molecular formula is C30H38Br3NaO9S2. The first-order valence-corrected chi connectivity index (χ1v) is 19.1. The summed E-state index contributed by atoms with van der Waals surface area (Å²) in [6.45, 7) is 8.46. The molecule has 45 heavy (non-hydrogen) atoms. The van der Waals surface area contributed by atoms with Gasteiger partial charge >= 0.3 is 29.6 Å². The monoisotopic (exact) mass is 866 g/mol. The maximum absolute atomic E-state index is 10.7. The van der Waals surface area contributed by atoms with E-state index in [1.807, 2.05) is 54.6 Å². The van der Waals surface area contributed by atoms with E-state index >= 15 is 0 Å². The number of benzene rings is 3. The molecule has 0 radical (unpaired) electrons. The van der Waals surface area contributed by atoms with Gasteiger partial charge < -0.3 is 14.6 Å². The Hall–Kier alpha value is -0.680. The van der Waals surface area contributed by atoms with Crippen LogP contribution < -0.4 is 44.1 Å². The van der Waals surface area contributed by atoms with E-state index in [1.165, 1.54) is 6.07 Å². The van der Waals surface area contributed by atoms with Crippen molar-refractivity contribution in [3.63, 3.8) is 0 Å². The molecule has 246 valence electrons. The van der Waals surface area contributed by atoms with E-state index in [0.717, 1.165) is 33.0 Å². The zero-order valence-electron chi connectivity index (χ0n) is 26.4. The van der Waals surface area contributed by atoms with Gasteiger partial charge in [0.1, 0.15) is 11.5 Å². The molecule has 0 aliphatic carbocycles. The molecule has 15 heteroatoms. The second-order valence-electron chi connectivity index (χ2n) is 11.1. The average molecular weight is 869 g/mol. The van der Waals surface area contributed by atoms with Gasteiger partial charge in [-0.3, -0.25) is 8.37 Å². The third kappa shape index (κ3) is 21.7. The molecule has 0 aliphatic heterocycles. The standard InChI is InChI=1S/C17H18Br2O2.C7H16O6S2.C6H5BrO.Na/c1-17(2,11-20-15-9-5-3-7-13(15)18)12-21-16-10-6-4-8-14(16)19;1-7(2,5-12-14(3,8)9)6-13-15(4,10)11;7-5-3-1-2-4-6(5)8;/h3-10H,11-12H2,1-2H3;5-6H2,1-4H3;1-4,8H;/q;;;+1/p-1. The van der Waals surface area contributed by atoms with E-state index in [1.54, 1.807) is 26.0 Å². The number of para-hydroxylation sites is 3. The van der Waals surface area contributed by atoms with Crippen molar-refractivity contribution in [3.8, 4) is 17.2 Å². The van der Waals surface area contributed by atoms with Crippen LogP contribution >= 0.6 is 47.8 Å². The fourth-order valence-corrected chi connectivity index (χ4v) is 4.88. The minimum atomic E-state index is -3.52. The normalized spacial score (nSPS) is 11.6. The summed E-state index contributed by atoms with van der Waals surface area (Å²) in [5.41, 5.74) is -0.781. The summed E-state index contributed by atoms with van der Waals surface area (Å²) in [5.74, 6) is 1.74. The molecule has 0 saturated carbocycles. The van der Waals surface area contributed by atoms with Crippen LogP contribution in [0, 0.1) is 10.8 Å². The molecule has 0 atom stereocenters. The van der Waals surface area contributed by atoms with Gasteiger partial charge in [-0.25, -0.2) is 0 Å². The first-order chi connectivity index (χ1) is 20.2. The fourth-order valence-electron chi connectivity index (χ4n) is 2.73. The molecule has 0 aliphatic rings. The third-order valence-electron chi connectivity index (χ3n) is 5.07. The predicted octanol–water partition coefficient (Wildman–Crippen LogP) is 4.19. The molecule has 0 bridgehead atoms. The Morgan fingerprint density at radius 2 is 0.889 bits per heavy atom. The van der Waals surface area contributed by atoms with Crippen LogP contribution in [0.3, 0.4) is 0 Å². The fraction of sp³-hybridized carbons (Fsp3) is 0.400. The van der Waals surface area contributed by atoms with Gasteiger partial charge in [-0.15, -0.1) is 0 Å². The van der Waals surface area contributed by atoms with E-state index in [2.05, 4.69) is 70.0 Å². The van der Waals surface area contributed by atoms with Crippen LogP contribution in [0.15, 0.2) is 86.2 Å². The maximum Gasteiger partial charge on any atom is 1.00 e. The number of halogens is 3. The van der Waals surface area contributed by atoms with E-state index in [4.69, 9.17) is 9.47 Å².